The predicted molar refractivity (Wildman–Crippen MR) is 258 cm³/mol. The van der Waals surface area contributed by atoms with Gasteiger partial charge in [-0.25, -0.2) is 9.59 Å². The maximum Gasteiger partial charge on any atom is 0.448 e. The Kier molecular flexibility index (Phi) is 17.5. The van der Waals surface area contributed by atoms with E-state index in [1.54, 1.807) is 33.3 Å². The van der Waals surface area contributed by atoms with Crippen LogP contribution >= 0.6 is 15.9 Å². The molecule has 2 heterocycles. The van der Waals surface area contributed by atoms with Crippen LogP contribution < -0.4 is 18.9 Å². The first-order valence-corrected chi connectivity index (χ1v) is 22.3. The Bertz CT molecular complexity index is 2340. The molecule has 2 unspecified atom stereocenters. The zero-order valence-corrected chi connectivity index (χ0v) is 39.7. The molecule has 0 radical (unpaired) electrons. The Balaban J connectivity index is 0.000000202. The third kappa shape index (κ3) is 12.9. The molecule has 0 saturated carbocycles. The summed E-state index contributed by atoms with van der Waals surface area (Å²) in [4.78, 5) is 29.9. The Morgan fingerprint density at radius 2 is 0.894 bits per heavy atom. The lowest BCUT2D eigenvalue weighted by atomic mass is 9.89. The molecule has 0 fully saturated rings. The Hall–Kier alpha value is -6.48. The number of nitrogens with zero attached hydrogens (tertiary/aromatic N) is 2. The monoisotopic (exact) mass is 958 g/mol. The molecule has 0 aliphatic carbocycles. The summed E-state index contributed by atoms with van der Waals surface area (Å²) < 4.78 is 34.3. The van der Waals surface area contributed by atoms with Gasteiger partial charge < -0.3 is 38.5 Å². The topological polar surface area (TPSA) is 136 Å². The van der Waals surface area contributed by atoms with Crippen LogP contribution in [0.5, 0.6) is 23.0 Å². The predicted octanol–water partition coefficient (Wildman–Crippen LogP) is 10.4. The van der Waals surface area contributed by atoms with Crippen molar-refractivity contribution in [2.75, 3.05) is 28.4 Å². The lowest BCUT2D eigenvalue weighted by Crippen LogP contribution is -2.39. The van der Waals surface area contributed by atoms with E-state index in [2.05, 4.69) is 47.1 Å². The number of aryl methyl sites for hydroxylation is 1. The van der Waals surface area contributed by atoms with Gasteiger partial charge in [-0.15, -0.1) is 0 Å². The van der Waals surface area contributed by atoms with Gasteiger partial charge in [-0.3, -0.25) is 9.80 Å². The molecule has 6 aromatic rings. The van der Waals surface area contributed by atoms with Gasteiger partial charge in [0.1, 0.15) is 13.2 Å². The molecule has 0 bridgehead atoms. The number of methoxy groups -OCH3 is 4. The Morgan fingerprint density at radius 1 is 0.561 bits per heavy atom. The first-order valence-electron chi connectivity index (χ1n) is 21.5. The summed E-state index contributed by atoms with van der Waals surface area (Å²) in [6, 6.07) is 43.5. The first-order chi connectivity index (χ1) is 31.9. The number of ether oxygens (including phenoxy) is 6. The molecule has 0 saturated heterocycles. The normalized spacial score (nSPS) is 14.7. The second-order valence-corrected chi connectivity index (χ2v) is 16.7. The lowest BCUT2D eigenvalue weighted by Gasteiger charge is -2.37. The zero-order valence-electron chi connectivity index (χ0n) is 38.1. The van der Waals surface area contributed by atoms with Crippen LogP contribution in [0.2, 0.25) is 6.82 Å². The zero-order chi connectivity index (χ0) is 47.2. The summed E-state index contributed by atoms with van der Waals surface area (Å²) in [5.74, 6) is 2.70. The van der Waals surface area contributed by atoms with Gasteiger partial charge in [0.15, 0.2) is 23.0 Å². The molecule has 0 aromatic heterocycles. The number of amides is 2. The molecule has 0 spiro atoms. The van der Waals surface area contributed by atoms with Crippen molar-refractivity contribution in [1.29, 1.82) is 0 Å². The number of carbonyl (C=O) groups excluding carboxylic acids is 2. The van der Waals surface area contributed by atoms with Crippen molar-refractivity contribution in [3.05, 3.63) is 188 Å². The fourth-order valence-corrected chi connectivity index (χ4v) is 8.15. The maximum absolute atomic E-state index is 13.2. The van der Waals surface area contributed by atoms with Crippen LogP contribution in [0.15, 0.2) is 138 Å². The van der Waals surface area contributed by atoms with Crippen LogP contribution in [0.1, 0.15) is 62.2 Å². The fraction of sp³-hybridized carbons (Fsp3) is 0.269. The van der Waals surface area contributed by atoms with E-state index in [1.807, 2.05) is 114 Å². The van der Waals surface area contributed by atoms with Gasteiger partial charge in [0.25, 0.3) is 0 Å². The highest BCUT2D eigenvalue weighted by Gasteiger charge is 2.35. The highest BCUT2D eigenvalue weighted by molar-refractivity contribution is 9.10. The number of halogens is 1. The number of hydrogen-bond acceptors (Lipinski definition) is 10. The maximum atomic E-state index is 13.2. The fourth-order valence-electron chi connectivity index (χ4n) is 7.88. The van der Waals surface area contributed by atoms with E-state index in [9.17, 15) is 9.59 Å². The summed E-state index contributed by atoms with van der Waals surface area (Å²) in [6.07, 6.45) is 0.684. The van der Waals surface area contributed by atoms with Crippen molar-refractivity contribution in [1.82, 2.24) is 9.80 Å². The SMILES string of the molecule is CB(O)O.COc1cc2c(cc1OC)CN(C(=O)OCc1ccccc1)C(c1ccc(Br)cc1)C2.COc1cc2c(cc1OC)CN(C(=O)OCc1ccccc1)C(c1ccc(C)cc1)C2. The van der Waals surface area contributed by atoms with E-state index in [-0.39, 0.29) is 37.5 Å². The van der Waals surface area contributed by atoms with Gasteiger partial charge in [0.05, 0.1) is 53.6 Å². The number of fused-ring (bicyclic) bond motifs is 2. The molecule has 66 heavy (non-hydrogen) atoms. The average Bonchev–Trinajstić information content (AvgIpc) is 3.34. The van der Waals surface area contributed by atoms with Gasteiger partial charge >= 0.3 is 19.3 Å². The average molecular weight is 960 g/mol. The molecule has 12 nitrogen and oxygen atoms in total. The van der Waals surface area contributed by atoms with Crippen molar-refractivity contribution in [2.24, 2.45) is 0 Å². The molecule has 2 amide bonds. The number of carbonyl (C=O) groups is 2. The molecule has 6 aromatic carbocycles. The third-order valence-electron chi connectivity index (χ3n) is 11.3. The first kappa shape index (κ1) is 49.0. The van der Waals surface area contributed by atoms with Crippen molar-refractivity contribution in [3.63, 3.8) is 0 Å². The Morgan fingerprint density at radius 3 is 1.24 bits per heavy atom. The van der Waals surface area contributed by atoms with Crippen molar-refractivity contribution >= 4 is 35.2 Å². The minimum Gasteiger partial charge on any atom is -0.493 e. The number of rotatable bonds is 10. The van der Waals surface area contributed by atoms with Crippen LogP contribution in [0.3, 0.4) is 0 Å². The summed E-state index contributed by atoms with van der Waals surface area (Å²) in [5.41, 5.74) is 9.60. The second-order valence-electron chi connectivity index (χ2n) is 15.8. The lowest BCUT2D eigenvalue weighted by molar-refractivity contribution is 0.0722. The van der Waals surface area contributed by atoms with Gasteiger partial charge in [-0.1, -0.05) is 119 Å². The molecule has 2 aliphatic heterocycles. The number of benzene rings is 6. The van der Waals surface area contributed by atoms with Crippen molar-refractivity contribution in [3.8, 4) is 23.0 Å². The van der Waals surface area contributed by atoms with Gasteiger partial charge in [0.2, 0.25) is 0 Å². The Labute approximate surface area is 395 Å². The molecule has 2 N–H and O–H groups in total. The molecule has 2 atom stereocenters. The molecule has 8 rings (SSSR count). The van der Waals surface area contributed by atoms with E-state index in [0.29, 0.717) is 48.9 Å². The molecule has 344 valence electrons. The molecule has 14 heteroatoms. The quantitative estimate of drug-likeness (QED) is 0.128. The van der Waals surface area contributed by atoms with Crippen LogP contribution in [-0.2, 0) is 48.6 Å². The minimum atomic E-state index is -1.17. The minimum absolute atomic E-state index is 0.116. The van der Waals surface area contributed by atoms with E-state index in [4.69, 9.17) is 38.5 Å². The largest absolute Gasteiger partial charge is 0.493 e. The van der Waals surface area contributed by atoms with E-state index >= 15 is 0 Å². The van der Waals surface area contributed by atoms with Crippen LogP contribution in [-0.4, -0.2) is 67.6 Å². The van der Waals surface area contributed by atoms with Crippen LogP contribution in [0.4, 0.5) is 9.59 Å². The van der Waals surface area contributed by atoms with Gasteiger partial charge in [-0.05, 0) is 107 Å². The second kappa shape index (κ2) is 23.6. The molecule has 2 aliphatic rings. The van der Waals surface area contributed by atoms with Crippen LogP contribution in [0, 0.1) is 6.92 Å². The van der Waals surface area contributed by atoms with E-state index < -0.39 is 7.12 Å². The third-order valence-corrected chi connectivity index (χ3v) is 11.8. The standard InChI is InChI=1S/C26H27NO4.C25H24BrNO4.CH5BO2/c1-18-9-11-20(12-10-18)23-13-21-14-24(29-2)25(30-3)15-22(21)16-27(23)26(28)31-17-19-7-5-4-6-8-19;1-29-23-13-19-12-22(18-8-10-21(26)11-9-18)27(15-20(19)14-24(23)30-2)25(28)31-16-17-6-4-3-5-7-17;1-2(3)4/h4-12,14-15,23H,13,16-17H2,1-3H3;3-11,13-14,22H,12,15-16H2,1-2H3;3-4H,1H3. The van der Waals surface area contributed by atoms with Crippen molar-refractivity contribution in [2.45, 2.75) is 65.0 Å². The highest BCUT2D eigenvalue weighted by atomic mass is 79.9. The summed E-state index contributed by atoms with van der Waals surface area (Å²) in [5, 5.41) is 15.2. The molecular weight excluding hydrogens is 903 g/mol. The van der Waals surface area contributed by atoms with Gasteiger partial charge in [0, 0.05) is 4.47 Å². The number of hydrogen-bond donors (Lipinski definition) is 2. The summed E-state index contributed by atoms with van der Waals surface area (Å²) in [6.45, 7) is 4.70. The summed E-state index contributed by atoms with van der Waals surface area (Å²) >= 11 is 3.49. The smallest absolute Gasteiger partial charge is 0.448 e. The van der Waals surface area contributed by atoms with Crippen molar-refractivity contribution < 1.29 is 48.1 Å². The van der Waals surface area contributed by atoms with E-state index in [1.165, 1.54) is 12.4 Å². The molecular formula is C52H56BBrN2O10. The van der Waals surface area contributed by atoms with E-state index in [0.717, 1.165) is 49.0 Å². The highest BCUT2D eigenvalue weighted by Crippen LogP contribution is 2.41. The van der Waals surface area contributed by atoms with Crippen LogP contribution in [0.25, 0.3) is 0 Å². The summed E-state index contributed by atoms with van der Waals surface area (Å²) in [7, 11) is 5.34. The van der Waals surface area contributed by atoms with Gasteiger partial charge in [-0.2, -0.15) is 0 Å².